The number of aromatic amines is 1. The molecule has 0 saturated carbocycles. The van der Waals surface area contributed by atoms with Gasteiger partial charge in [-0.1, -0.05) is 6.07 Å². The fourth-order valence-electron chi connectivity index (χ4n) is 3.99. The van der Waals surface area contributed by atoms with Crippen molar-refractivity contribution in [2.75, 3.05) is 32.8 Å². The normalized spacial score (nSPS) is 15.3. The van der Waals surface area contributed by atoms with Gasteiger partial charge in [0.25, 0.3) is 11.5 Å². The van der Waals surface area contributed by atoms with E-state index in [2.05, 4.69) is 10.4 Å². The maximum absolute atomic E-state index is 13.7. The van der Waals surface area contributed by atoms with Crippen LogP contribution in [0.25, 0.3) is 5.69 Å². The largest absolute Gasteiger partial charge is 0.460 e. The molecule has 2 unspecified atom stereocenters. The molecule has 1 aliphatic rings. The Morgan fingerprint density at radius 1 is 1.08 bits per heavy atom. The summed E-state index contributed by atoms with van der Waals surface area (Å²) in [6.45, 7) is 9.20. The summed E-state index contributed by atoms with van der Waals surface area (Å²) in [5, 5.41) is 5.17. The molecular formula is C26H34FN5O7. The Labute approximate surface area is 225 Å². The Hall–Kier alpha value is -4.16. The lowest BCUT2D eigenvalue weighted by Crippen LogP contribution is -2.58. The van der Waals surface area contributed by atoms with Gasteiger partial charge in [-0.3, -0.25) is 24.3 Å². The molecule has 0 aliphatic carbocycles. The molecule has 39 heavy (non-hydrogen) atoms. The highest BCUT2D eigenvalue weighted by Gasteiger charge is 2.38. The number of rotatable bonds is 7. The molecule has 1 fully saturated rings. The minimum atomic E-state index is -1.33. The van der Waals surface area contributed by atoms with E-state index in [1.807, 2.05) is 0 Å². The molecule has 2 heterocycles. The molecule has 0 radical (unpaired) electrons. The molecule has 0 spiro atoms. The topological polar surface area (TPSA) is 143 Å². The lowest BCUT2D eigenvalue weighted by molar-refractivity contribution is -0.162. The summed E-state index contributed by atoms with van der Waals surface area (Å²) in [4.78, 5) is 67.0. The van der Waals surface area contributed by atoms with E-state index in [-0.39, 0.29) is 44.2 Å². The second kappa shape index (κ2) is 12.1. The van der Waals surface area contributed by atoms with Gasteiger partial charge in [-0.15, -0.1) is 0 Å². The number of piperazine rings is 1. The number of carbonyl (C=O) groups excluding carboxylic acids is 4. The minimum Gasteiger partial charge on any atom is -0.460 e. The van der Waals surface area contributed by atoms with Crippen LogP contribution >= 0.6 is 0 Å². The number of hydrogen-bond acceptors (Lipinski definition) is 7. The first-order valence-electron chi connectivity index (χ1n) is 12.6. The number of benzene rings is 1. The van der Waals surface area contributed by atoms with E-state index >= 15 is 0 Å². The number of ether oxygens (including phenoxy) is 2. The van der Waals surface area contributed by atoms with Crippen LogP contribution in [0.3, 0.4) is 0 Å². The number of H-pyrrole nitrogens is 1. The molecule has 13 heteroatoms. The number of aromatic nitrogens is 2. The third-order valence-corrected chi connectivity index (χ3v) is 5.98. The summed E-state index contributed by atoms with van der Waals surface area (Å²) >= 11 is 0. The highest BCUT2D eigenvalue weighted by atomic mass is 19.1. The third-order valence-electron chi connectivity index (χ3n) is 5.98. The molecule has 1 aromatic carbocycles. The second-order valence-corrected chi connectivity index (χ2v) is 10.1. The minimum absolute atomic E-state index is 0.165. The van der Waals surface area contributed by atoms with Gasteiger partial charge in [-0.05, 0) is 52.8 Å². The average molecular weight is 548 g/mol. The molecule has 3 amide bonds. The maximum Gasteiger partial charge on any atom is 0.409 e. The van der Waals surface area contributed by atoms with E-state index in [1.165, 1.54) is 34.9 Å². The van der Waals surface area contributed by atoms with Gasteiger partial charge in [0.05, 0.1) is 18.2 Å². The lowest BCUT2D eigenvalue weighted by Gasteiger charge is -2.37. The van der Waals surface area contributed by atoms with Crippen molar-refractivity contribution in [3.8, 4) is 5.69 Å². The third kappa shape index (κ3) is 7.45. The van der Waals surface area contributed by atoms with Crippen LogP contribution in [0.5, 0.6) is 0 Å². The van der Waals surface area contributed by atoms with Crippen molar-refractivity contribution >= 4 is 23.9 Å². The van der Waals surface area contributed by atoms with Crippen LogP contribution in [-0.2, 0) is 19.1 Å². The van der Waals surface area contributed by atoms with E-state index in [9.17, 15) is 28.4 Å². The summed E-state index contributed by atoms with van der Waals surface area (Å²) in [5.41, 5.74) is -1.47. The number of nitrogens with one attached hydrogen (secondary N) is 2. The van der Waals surface area contributed by atoms with Crippen molar-refractivity contribution in [2.24, 2.45) is 5.92 Å². The van der Waals surface area contributed by atoms with Crippen molar-refractivity contribution < 1.29 is 33.0 Å². The van der Waals surface area contributed by atoms with Crippen LogP contribution in [0.4, 0.5) is 9.18 Å². The van der Waals surface area contributed by atoms with Crippen molar-refractivity contribution in [1.82, 2.24) is 24.9 Å². The molecule has 2 aromatic rings. The molecule has 12 nitrogen and oxygen atoms in total. The summed E-state index contributed by atoms with van der Waals surface area (Å²) in [5.74, 6) is -3.71. The van der Waals surface area contributed by atoms with Gasteiger partial charge in [0, 0.05) is 32.2 Å². The molecular weight excluding hydrogens is 513 g/mol. The van der Waals surface area contributed by atoms with Crippen LogP contribution in [0.2, 0.25) is 0 Å². The van der Waals surface area contributed by atoms with Crippen molar-refractivity contribution in [2.45, 2.75) is 46.3 Å². The lowest BCUT2D eigenvalue weighted by atomic mass is 9.99. The summed E-state index contributed by atoms with van der Waals surface area (Å²) in [6, 6.07) is 4.91. The predicted molar refractivity (Wildman–Crippen MR) is 138 cm³/mol. The summed E-state index contributed by atoms with van der Waals surface area (Å²) in [6.07, 6.45) is -0.483. The van der Waals surface area contributed by atoms with Crippen LogP contribution < -0.4 is 10.9 Å². The van der Waals surface area contributed by atoms with Crippen LogP contribution in [-0.4, -0.2) is 87.9 Å². The van der Waals surface area contributed by atoms with Crippen LogP contribution in [0.15, 0.2) is 35.1 Å². The van der Waals surface area contributed by atoms with E-state index in [0.717, 1.165) is 16.8 Å². The zero-order chi connectivity index (χ0) is 28.9. The average Bonchev–Trinajstić information content (AvgIpc) is 3.27. The number of carbonyl (C=O) groups is 4. The smallest absolute Gasteiger partial charge is 0.409 e. The van der Waals surface area contributed by atoms with Crippen molar-refractivity contribution in [1.29, 1.82) is 0 Å². The van der Waals surface area contributed by atoms with Gasteiger partial charge in [-0.2, -0.15) is 0 Å². The molecule has 3 rings (SSSR count). The first kappa shape index (κ1) is 29.4. The van der Waals surface area contributed by atoms with Gasteiger partial charge in [-0.25, -0.2) is 13.9 Å². The van der Waals surface area contributed by atoms with E-state index in [4.69, 9.17) is 9.47 Å². The van der Waals surface area contributed by atoms with Gasteiger partial charge < -0.3 is 24.6 Å². The van der Waals surface area contributed by atoms with Crippen molar-refractivity contribution in [3.05, 3.63) is 52.2 Å². The number of amides is 3. The number of hydrogen-bond donors (Lipinski definition) is 2. The van der Waals surface area contributed by atoms with Crippen molar-refractivity contribution in [3.63, 3.8) is 0 Å². The molecule has 1 aromatic heterocycles. The van der Waals surface area contributed by atoms with Gasteiger partial charge >= 0.3 is 12.1 Å². The van der Waals surface area contributed by atoms with Gasteiger partial charge in [0.1, 0.15) is 23.2 Å². The maximum atomic E-state index is 13.7. The quantitative estimate of drug-likeness (QED) is 0.502. The zero-order valence-corrected chi connectivity index (χ0v) is 22.7. The molecule has 212 valence electrons. The van der Waals surface area contributed by atoms with E-state index in [0.29, 0.717) is 0 Å². The molecule has 2 N–H and O–H groups in total. The Morgan fingerprint density at radius 2 is 1.72 bits per heavy atom. The van der Waals surface area contributed by atoms with Gasteiger partial charge in [0.15, 0.2) is 0 Å². The molecule has 1 saturated heterocycles. The van der Waals surface area contributed by atoms with Crippen LogP contribution in [0, 0.1) is 11.7 Å². The van der Waals surface area contributed by atoms with Crippen LogP contribution in [0.1, 0.15) is 45.1 Å². The molecule has 1 aliphatic heterocycles. The Kier molecular flexibility index (Phi) is 9.15. The van der Waals surface area contributed by atoms with Gasteiger partial charge in [0.2, 0.25) is 5.91 Å². The zero-order valence-electron chi connectivity index (χ0n) is 22.7. The first-order valence-corrected chi connectivity index (χ1v) is 12.6. The highest BCUT2D eigenvalue weighted by molar-refractivity contribution is 5.98. The van der Waals surface area contributed by atoms with E-state index < -0.39 is 52.8 Å². The first-order chi connectivity index (χ1) is 18.3. The Balaban J connectivity index is 1.82. The fraction of sp³-hybridized carbons (Fsp3) is 0.500. The summed E-state index contributed by atoms with van der Waals surface area (Å²) in [7, 11) is 0. The number of halogens is 1. The summed E-state index contributed by atoms with van der Waals surface area (Å²) < 4.78 is 25.1. The second-order valence-electron chi connectivity index (χ2n) is 10.1. The number of esters is 1. The Morgan fingerprint density at radius 3 is 2.31 bits per heavy atom. The SMILES string of the molecule is CCOC(=O)N1CCN(C(=O)C(NC(=O)c2cc(=O)n(-c3cccc(F)c3)[nH]2)C(C)C(=O)OC(C)(C)C)CC1. The standard InChI is InChI=1S/C26H34FN5O7/c1-6-38-25(37)31-12-10-30(11-13-31)23(35)21(16(2)24(36)39-26(3,4)5)28-22(34)19-15-20(33)32(29-19)18-9-7-8-17(27)14-18/h7-9,14-16,21,29H,6,10-13H2,1-5H3,(H,28,34). The van der Waals surface area contributed by atoms with E-state index in [1.54, 1.807) is 27.7 Å². The Bertz CT molecular complexity index is 1270. The monoisotopic (exact) mass is 547 g/mol. The predicted octanol–water partition coefficient (Wildman–Crippen LogP) is 1.68. The highest BCUT2D eigenvalue weighted by Crippen LogP contribution is 2.17. The molecule has 0 bridgehead atoms. The fourth-order valence-corrected chi connectivity index (χ4v) is 3.99. The molecule has 2 atom stereocenters. The number of nitrogens with zero attached hydrogens (tertiary/aromatic N) is 3.